The monoisotopic (exact) mass is 327 g/mol. The van der Waals surface area contributed by atoms with Crippen molar-refractivity contribution in [1.29, 1.82) is 0 Å². The van der Waals surface area contributed by atoms with Crippen LogP contribution in [0, 0.1) is 6.92 Å². The molecule has 0 amide bonds. The van der Waals surface area contributed by atoms with Gasteiger partial charge in [-0.25, -0.2) is 0 Å². The normalized spacial score (nSPS) is 12.7. The van der Waals surface area contributed by atoms with Gasteiger partial charge in [-0.3, -0.25) is 4.79 Å². The van der Waals surface area contributed by atoms with Gasteiger partial charge in [-0.2, -0.15) is 0 Å². The summed E-state index contributed by atoms with van der Waals surface area (Å²) in [5.41, 5.74) is 10.7. The zero-order chi connectivity index (χ0) is 17.7. The smallest absolute Gasteiger partial charge is 0.183 e. The van der Waals surface area contributed by atoms with E-state index in [1.807, 2.05) is 67.6 Å². The van der Waals surface area contributed by atoms with Crippen LogP contribution in [0.5, 0.6) is 0 Å². The molecule has 1 atom stereocenters. The molecule has 1 unspecified atom stereocenters. The number of nitrogens with zero attached hydrogens (tertiary/aromatic N) is 3. The topological polar surface area (TPSA) is 65.8 Å². The van der Waals surface area contributed by atoms with Gasteiger partial charge in [0.15, 0.2) is 11.3 Å². The van der Waals surface area contributed by atoms with Gasteiger partial charge in [0, 0.05) is 10.5 Å². The predicted molar refractivity (Wildman–Crippen MR) is 98.3 cm³/mol. The van der Waals surface area contributed by atoms with E-state index in [0.717, 1.165) is 5.56 Å². The maximum Gasteiger partial charge on any atom is 0.183 e. The molecule has 0 aliphatic heterocycles. The number of hydrogen-bond donors (Lipinski definition) is 0. The largest absolute Gasteiger partial charge is 0.293 e. The van der Waals surface area contributed by atoms with Gasteiger partial charge in [-0.05, 0) is 23.6 Å². The van der Waals surface area contributed by atoms with Crippen LogP contribution in [0.1, 0.15) is 27.0 Å². The van der Waals surface area contributed by atoms with Crippen molar-refractivity contribution in [2.45, 2.75) is 12.5 Å². The Morgan fingerprint density at radius 2 is 1.48 bits per heavy atom. The van der Waals surface area contributed by atoms with Crippen molar-refractivity contribution in [1.82, 2.24) is 0 Å². The molecule has 4 heteroatoms. The molecule has 0 radical (unpaired) electrons. The minimum atomic E-state index is -1.44. The number of rotatable bonds is 5. The van der Waals surface area contributed by atoms with Crippen LogP contribution in [0.2, 0.25) is 0 Å². The molecule has 3 aromatic carbocycles. The number of benzene rings is 3. The van der Waals surface area contributed by atoms with Crippen molar-refractivity contribution >= 4 is 5.78 Å². The lowest BCUT2D eigenvalue weighted by Gasteiger charge is -2.29. The van der Waals surface area contributed by atoms with Crippen LogP contribution in [0.4, 0.5) is 0 Å². The summed E-state index contributed by atoms with van der Waals surface area (Å²) in [6.45, 7) is 1.95. The summed E-state index contributed by atoms with van der Waals surface area (Å²) in [7, 11) is 0. The maximum absolute atomic E-state index is 13.5. The Labute approximate surface area is 146 Å². The molecule has 0 aliphatic carbocycles. The second-order valence-electron chi connectivity index (χ2n) is 5.83. The van der Waals surface area contributed by atoms with Crippen LogP contribution in [-0.2, 0) is 5.54 Å². The molecule has 122 valence electrons. The third kappa shape index (κ3) is 3.03. The Kier molecular flexibility index (Phi) is 4.64. The Balaban J connectivity index is 2.34. The molecule has 0 bridgehead atoms. The lowest BCUT2D eigenvalue weighted by Crippen LogP contribution is -2.35. The fraction of sp³-hybridized carbons (Fsp3) is 0.0952. The summed E-state index contributed by atoms with van der Waals surface area (Å²) < 4.78 is 0. The first-order chi connectivity index (χ1) is 12.2. The standard InChI is InChI=1S/C21H17N3O/c1-16-9-8-14-19(15-16)21(23-24-22,18-12-6-3-7-13-18)20(25)17-10-4-2-5-11-17/h2-15H,1H3. The lowest BCUT2D eigenvalue weighted by molar-refractivity contribution is 0.0915. The van der Waals surface area contributed by atoms with Gasteiger partial charge in [0.2, 0.25) is 0 Å². The van der Waals surface area contributed by atoms with Gasteiger partial charge >= 0.3 is 0 Å². The van der Waals surface area contributed by atoms with Crippen molar-refractivity contribution in [2.24, 2.45) is 5.11 Å². The quantitative estimate of drug-likeness (QED) is 0.266. The maximum atomic E-state index is 13.5. The first-order valence-corrected chi connectivity index (χ1v) is 7.97. The summed E-state index contributed by atoms with van der Waals surface area (Å²) in [5.74, 6) is -0.247. The average Bonchev–Trinajstić information content (AvgIpc) is 2.67. The van der Waals surface area contributed by atoms with E-state index in [4.69, 9.17) is 0 Å². The fourth-order valence-electron chi connectivity index (χ4n) is 3.00. The Hall–Kier alpha value is -3.36. The Morgan fingerprint density at radius 3 is 2.08 bits per heavy atom. The zero-order valence-corrected chi connectivity index (χ0v) is 13.8. The second-order valence-corrected chi connectivity index (χ2v) is 5.83. The highest BCUT2D eigenvalue weighted by Gasteiger charge is 2.41. The summed E-state index contributed by atoms with van der Waals surface area (Å²) in [6.07, 6.45) is 0. The number of Topliss-reactive ketones (excluding diaryl/α,β-unsaturated/α-hetero) is 1. The Morgan fingerprint density at radius 1 is 0.880 bits per heavy atom. The van der Waals surface area contributed by atoms with Gasteiger partial charge < -0.3 is 0 Å². The van der Waals surface area contributed by atoms with Crippen molar-refractivity contribution in [2.75, 3.05) is 0 Å². The first-order valence-electron chi connectivity index (χ1n) is 7.97. The number of azide groups is 1. The number of hydrogen-bond acceptors (Lipinski definition) is 2. The number of ketones is 1. The molecule has 0 N–H and O–H groups in total. The molecule has 0 saturated carbocycles. The molecule has 0 aromatic heterocycles. The second kappa shape index (κ2) is 7.04. The molecule has 0 fully saturated rings. The average molecular weight is 327 g/mol. The molecular weight excluding hydrogens is 310 g/mol. The molecule has 0 saturated heterocycles. The molecular formula is C21H17N3O. The molecule has 0 aliphatic rings. The van der Waals surface area contributed by atoms with E-state index in [1.54, 1.807) is 24.3 Å². The van der Waals surface area contributed by atoms with E-state index in [9.17, 15) is 10.3 Å². The molecule has 3 rings (SSSR count). The van der Waals surface area contributed by atoms with Crippen LogP contribution in [0.3, 0.4) is 0 Å². The van der Waals surface area contributed by atoms with Gasteiger partial charge in [-0.1, -0.05) is 95.6 Å². The van der Waals surface area contributed by atoms with Gasteiger partial charge in [0.25, 0.3) is 0 Å². The van der Waals surface area contributed by atoms with E-state index in [0.29, 0.717) is 16.7 Å². The van der Waals surface area contributed by atoms with Crippen LogP contribution < -0.4 is 0 Å². The number of carbonyl (C=O) groups excluding carboxylic acids is 1. The molecule has 25 heavy (non-hydrogen) atoms. The minimum Gasteiger partial charge on any atom is -0.293 e. The van der Waals surface area contributed by atoms with E-state index >= 15 is 0 Å². The predicted octanol–water partition coefficient (Wildman–Crippen LogP) is 5.43. The number of carbonyl (C=O) groups is 1. The minimum absolute atomic E-state index is 0.247. The third-order valence-corrected chi connectivity index (χ3v) is 4.19. The Bertz CT molecular complexity index is 932. The van der Waals surface area contributed by atoms with Crippen molar-refractivity contribution in [3.05, 3.63) is 118 Å². The van der Waals surface area contributed by atoms with Crippen LogP contribution in [0.15, 0.2) is 90.0 Å². The van der Waals surface area contributed by atoms with Crippen molar-refractivity contribution in [3.63, 3.8) is 0 Å². The van der Waals surface area contributed by atoms with Crippen LogP contribution >= 0.6 is 0 Å². The zero-order valence-electron chi connectivity index (χ0n) is 13.8. The fourth-order valence-corrected chi connectivity index (χ4v) is 3.00. The van der Waals surface area contributed by atoms with Gasteiger partial charge in [-0.15, -0.1) is 0 Å². The van der Waals surface area contributed by atoms with Crippen molar-refractivity contribution < 1.29 is 4.79 Å². The van der Waals surface area contributed by atoms with E-state index < -0.39 is 5.54 Å². The van der Waals surface area contributed by atoms with E-state index in [2.05, 4.69) is 10.0 Å². The van der Waals surface area contributed by atoms with Crippen molar-refractivity contribution in [3.8, 4) is 0 Å². The SMILES string of the molecule is Cc1cccc(C(N=[N+]=[N-])(C(=O)c2ccccc2)c2ccccc2)c1. The van der Waals surface area contributed by atoms with E-state index in [1.165, 1.54) is 0 Å². The highest BCUT2D eigenvalue weighted by Crippen LogP contribution is 2.38. The van der Waals surface area contributed by atoms with Gasteiger partial charge in [0.05, 0.1) is 0 Å². The van der Waals surface area contributed by atoms with Crippen LogP contribution in [0.25, 0.3) is 10.4 Å². The summed E-state index contributed by atoms with van der Waals surface area (Å²) in [4.78, 5) is 16.5. The van der Waals surface area contributed by atoms with E-state index in [-0.39, 0.29) is 5.78 Å². The summed E-state index contributed by atoms with van der Waals surface area (Å²) in [5, 5.41) is 4.04. The highest BCUT2D eigenvalue weighted by molar-refractivity contribution is 6.06. The van der Waals surface area contributed by atoms with Gasteiger partial charge in [0.1, 0.15) is 0 Å². The summed E-state index contributed by atoms with van der Waals surface area (Å²) >= 11 is 0. The molecule has 4 nitrogen and oxygen atoms in total. The molecule has 0 heterocycles. The summed E-state index contributed by atoms with van der Waals surface area (Å²) in [6, 6.07) is 25.6. The third-order valence-electron chi connectivity index (χ3n) is 4.19. The lowest BCUT2D eigenvalue weighted by atomic mass is 9.77. The molecule has 0 spiro atoms. The first kappa shape index (κ1) is 16.5. The van der Waals surface area contributed by atoms with Crippen LogP contribution in [-0.4, -0.2) is 5.78 Å². The highest BCUT2D eigenvalue weighted by atomic mass is 16.1. The number of aryl methyl sites for hydroxylation is 1. The molecule has 3 aromatic rings.